The van der Waals surface area contributed by atoms with E-state index in [0.29, 0.717) is 13.2 Å². The summed E-state index contributed by atoms with van der Waals surface area (Å²) >= 11 is 0. The fraction of sp³-hybridized carbons (Fsp3) is 0.200. The van der Waals surface area contributed by atoms with Crippen molar-refractivity contribution in [1.29, 1.82) is 0 Å². The second kappa shape index (κ2) is 21.4. The molecule has 0 spiro atoms. The molecule has 328 valence electrons. The molecule has 0 bridgehead atoms. The predicted octanol–water partition coefficient (Wildman–Crippen LogP) is 13.2. The van der Waals surface area contributed by atoms with Crippen LogP contribution in [0, 0.1) is 27.7 Å². The van der Waals surface area contributed by atoms with Gasteiger partial charge in [0.05, 0.1) is 0 Å². The Balaban J connectivity index is 1.17. The van der Waals surface area contributed by atoms with Gasteiger partial charge in [0.15, 0.2) is 0 Å². The van der Waals surface area contributed by atoms with Crippen LogP contribution in [-0.4, -0.2) is 20.5 Å². The summed E-state index contributed by atoms with van der Waals surface area (Å²) in [6.07, 6.45) is 3.43. The van der Waals surface area contributed by atoms with Crippen LogP contribution in [0.5, 0.6) is 0 Å². The summed E-state index contributed by atoms with van der Waals surface area (Å²) in [7, 11) is -0.997. The van der Waals surface area contributed by atoms with Crippen LogP contribution in [0.2, 0.25) is 0 Å². The van der Waals surface area contributed by atoms with Crippen LogP contribution in [0.25, 0.3) is 0 Å². The average molecular weight is 873 g/mol. The topological polar surface area (TPSA) is 27.7 Å². The molecule has 0 saturated heterocycles. The van der Waals surface area contributed by atoms with Crippen LogP contribution in [0.4, 0.5) is 0 Å². The molecule has 0 fully saturated rings. The number of rotatable bonds is 20. The Labute approximate surface area is 388 Å². The van der Waals surface area contributed by atoms with Gasteiger partial charge in [0.25, 0.3) is 0 Å². The van der Waals surface area contributed by atoms with Crippen molar-refractivity contribution in [2.75, 3.05) is 13.2 Å². The summed E-state index contributed by atoms with van der Waals surface area (Å²) in [6, 6.07) is 79.1. The van der Waals surface area contributed by atoms with Gasteiger partial charge < -0.3 is 0 Å². The number of benzene rings is 8. The molecule has 0 saturated carbocycles. The number of hydrogen-bond donors (Lipinski definition) is 0. The summed E-state index contributed by atoms with van der Waals surface area (Å²) < 4.78 is 22.2. The fourth-order valence-electron chi connectivity index (χ4n) is 9.45. The normalized spacial score (nSPS) is 12.2. The van der Waals surface area contributed by atoms with E-state index in [1.165, 1.54) is 44.5 Å². The maximum absolute atomic E-state index is 8.06. The molecule has 0 radical (unpaired) electrons. The van der Waals surface area contributed by atoms with Crippen LogP contribution >= 0.6 is 6.83 Å². The van der Waals surface area contributed by atoms with Crippen LogP contribution in [0.1, 0.15) is 82.0 Å². The molecule has 8 aromatic rings. The van der Waals surface area contributed by atoms with E-state index >= 15 is 0 Å². The number of hydrogen-bond acceptors (Lipinski definition) is 3. The molecule has 0 amide bonds. The molecule has 5 heteroatoms. The van der Waals surface area contributed by atoms with Crippen molar-refractivity contribution in [3.63, 3.8) is 0 Å². The van der Waals surface area contributed by atoms with Gasteiger partial charge in [-0.3, -0.25) is 0 Å². The van der Waals surface area contributed by atoms with Crippen LogP contribution in [0.15, 0.2) is 218 Å². The van der Waals surface area contributed by atoms with Gasteiger partial charge in [0.2, 0.25) is 0 Å². The summed E-state index contributed by atoms with van der Waals surface area (Å²) in [4.78, 5) is 0. The zero-order valence-corrected chi connectivity index (χ0v) is 39.3. The van der Waals surface area contributed by atoms with E-state index in [9.17, 15) is 0 Å². The van der Waals surface area contributed by atoms with Crippen LogP contribution in [-0.2, 0) is 13.7 Å². The zero-order valence-electron chi connectivity index (χ0n) is 38.4. The molecule has 0 unspecified atom stereocenters. The molecule has 3 nitrogen and oxygen atoms in total. The second-order valence-corrected chi connectivity index (χ2v) is 21.9. The van der Waals surface area contributed by atoms with Gasteiger partial charge in [-0.15, -0.1) is 0 Å². The molecular weight excluding hydrogens is 810 g/mol. The van der Waals surface area contributed by atoms with Gasteiger partial charge in [0, 0.05) is 0 Å². The molecule has 0 aliphatic heterocycles. The minimum absolute atomic E-state index is 0.224. The van der Waals surface area contributed by atoms with Crippen molar-refractivity contribution in [3.8, 4) is 0 Å². The Morgan fingerprint density at radius 3 is 0.831 bits per heavy atom. The van der Waals surface area contributed by atoms with E-state index in [2.05, 4.69) is 246 Å². The van der Waals surface area contributed by atoms with Crippen LogP contribution < -0.4 is 21.2 Å². The molecule has 8 rings (SSSR count). The Kier molecular flexibility index (Phi) is 15.1. The Morgan fingerprint density at radius 2 is 0.585 bits per heavy atom. The molecular formula is C60H62BO3P. The molecule has 0 aromatic heterocycles. The Hall–Kier alpha value is -5.87. The van der Waals surface area contributed by atoms with Crippen molar-refractivity contribution in [1.82, 2.24) is 0 Å². The quantitative estimate of drug-likeness (QED) is 0.0434. The first-order chi connectivity index (χ1) is 31.8. The van der Waals surface area contributed by atoms with Gasteiger partial charge in [-0.05, 0) is 0 Å². The van der Waals surface area contributed by atoms with Gasteiger partial charge >= 0.3 is 390 Å². The first-order valence-corrected chi connectivity index (χ1v) is 25.4. The van der Waals surface area contributed by atoms with E-state index in [-0.39, 0.29) is 11.8 Å². The fourth-order valence-corrected chi connectivity index (χ4v) is 15.2. The van der Waals surface area contributed by atoms with Crippen LogP contribution in [0.3, 0.4) is 0 Å². The third-order valence-electron chi connectivity index (χ3n) is 13.0. The monoisotopic (exact) mass is 872 g/mol. The van der Waals surface area contributed by atoms with E-state index < -0.39 is 14.2 Å². The van der Waals surface area contributed by atoms with E-state index in [1.54, 1.807) is 0 Å². The van der Waals surface area contributed by atoms with E-state index in [4.69, 9.17) is 13.7 Å². The zero-order chi connectivity index (χ0) is 44.9. The summed E-state index contributed by atoms with van der Waals surface area (Å²) in [5.74, 6) is 0.448. The minimum atomic E-state index is -4.11. The van der Waals surface area contributed by atoms with Gasteiger partial charge in [-0.2, -0.15) is 0 Å². The molecule has 8 aromatic carbocycles. The van der Waals surface area contributed by atoms with Crippen molar-refractivity contribution >= 4 is 35.4 Å². The molecule has 0 aliphatic rings. The molecule has 0 N–H and O–H groups in total. The number of aryl methyl sites for hydroxylation is 4. The average Bonchev–Trinajstić information content (AvgIpc) is 3.36. The van der Waals surface area contributed by atoms with E-state index in [0.717, 1.165) is 46.9 Å². The third-order valence-corrected chi connectivity index (χ3v) is 18.7. The SMILES string of the molecule is Cc1ccc(C(CCCOB(OCCCC(c2ccc(C)cc2)c2ccc(C)cc2)OP(c2ccccc2)(c2ccccc2)(c2ccccc2)c2ccccc2)c2ccc(C)cc2)cc1. The summed E-state index contributed by atoms with van der Waals surface area (Å²) in [5, 5.41) is 4.32. The Morgan fingerprint density at radius 1 is 0.338 bits per heavy atom. The second-order valence-electron chi connectivity index (χ2n) is 17.5. The Bertz CT molecular complexity index is 2290. The van der Waals surface area contributed by atoms with Crippen molar-refractivity contribution in [2.24, 2.45) is 0 Å². The molecule has 65 heavy (non-hydrogen) atoms. The van der Waals surface area contributed by atoms with Gasteiger partial charge in [-0.1, -0.05) is 0 Å². The van der Waals surface area contributed by atoms with Gasteiger partial charge in [0.1, 0.15) is 0 Å². The van der Waals surface area contributed by atoms with E-state index in [1.807, 2.05) is 0 Å². The first kappa shape index (κ1) is 45.7. The van der Waals surface area contributed by atoms with Gasteiger partial charge in [-0.25, -0.2) is 0 Å². The maximum atomic E-state index is 8.06. The molecule has 0 heterocycles. The third kappa shape index (κ3) is 10.2. The van der Waals surface area contributed by atoms with Crippen molar-refractivity contribution < 1.29 is 13.7 Å². The first-order valence-electron chi connectivity index (χ1n) is 23.3. The molecule has 0 aliphatic carbocycles. The predicted molar refractivity (Wildman–Crippen MR) is 277 cm³/mol. The van der Waals surface area contributed by atoms with Crippen molar-refractivity contribution in [3.05, 3.63) is 263 Å². The molecule has 0 atom stereocenters. The standard InChI is InChI=1S/C60H62BO3P/c1-47-29-37-51(38-30-47)59(52-39-31-48(2)32-40-52)27-17-45-62-61(63-46-18-28-60(53-41-33-49(3)34-42-53)54-43-35-50(4)36-44-54)64-65(55-19-9-5-10-20-55,56-21-11-6-12-22-56,57-23-13-7-14-24-57)58-25-15-8-16-26-58/h5-16,19-26,29-44,59-60H,17-18,27-28,45-46H2,1-4H3. The summed E-state index contributed by atoms with van der Waals surface area (Å²) in [5.41, 5.74) is 10.3. The summed E-state index contributed by atoms with van der Waals surface area (Å²) in [6.45, 7) is 5.39. The van der Waals surface area contributed by atoms with Crippen molar-refractivity contribution in [2.45, 2.75) is 65.2 Å².